The molecule has 0 amide bonds. The Bertz CT molecular complexity index is 249. The van der Waals surface area contributed by atoms with Crippen molar-refractivity contribution in [2.75, 3.05) is 6.54 Å². The van der Waals surface area contributed by atoms with E-state index < -0.39 is 21.6 Å². The van der Waals surface area contributed by atoms with Gasteiger partial charge in [-0.15, -0.1) is 0 Å². The minimum absolute atomic E-state index is 0.0325. The standard InChI is InChI=1S/C3H10B3N3O6/c10-4(11)3-1-8(5(12)13)7-9(2-3)6(14)15/h1,7,10-15H,2H2. The van der Waals surface area contributed by atoms with Crippen molar-refractivity contribution in [3.63, 3.8) is 0 Å². The minimum atomic E-state index is -1.96. The third-order valence-electron chi connectivity index (χ3n) is 1.76. The average molecular weight is 217 g/mol. The van der Waals surface area contributed by atoms with Crippen LogP contribution in [0, 0.1) is 0 Å². The first-order valence-electron chi connectivity index (χ1n) is 4.02. The van der Waals surface area contributed by atoms with E-state index in [0.29, 0.717) is 4.92 Å². The Morgan fingerprint density at radius 3 is 2.07 bits per heavy atom. The number of rotatable bonds is 3. The fraction of sp³-hybridized carbons (Fsp3) is 0.333. The normalized spacial score (nSPS) is 17.5. The first-order chi connectivity index (χ1) is 6.91. The Labute approximate surface area is 86.3 Å². The molecular weight excluding hydrogens is 206 g/mol. The Morgan fingerprint density at radius 2 is 1.67 bits per heavy atom. The van der Waals surface area contributed by atoms with Crippen LogP contribution in [0.15, 0.2) is 11.7 Å². The molecule has 1 aliphatic rings. The summed E-state index contributed by atoms with van der Waals surface area (Å²) in [5, 5.41) is 52.9. The van der Waals surface area contributed by atoms with Gasteiger partial charge in [0.1, 0.15) is 0 Å². The quantitative estimate of drug-likeness (QED) is 0.231. The van der Waals surface area contributed by atoms with Crippen LogP contribution in [0.4, 0.5) is 0 Å². The molecule has 1 heterocycles. The van der Waals surface area contributed by atoms with Gasteiger partial charge >= 0.3 is 21.6 Å². The molecule has 1 aliphatic heterocycles. The molecule has 0 saturated heterocycles. The van der Waals surface area contributed by atoms with Gasteiger partial charge in [-0.05, 0) is 5.47 Å². The molecule has 0 saturated carbocycles. The van der Waals surface area contributed by atoms with Crippen molar-refractivity contribution in [1.29, 1.82) is 0 Å². The SMILES string of the molecule is OB(O)C1=CN(B(O)O)NN(B(O)O)C1. The zero-order chi connectivity index (χ0) is 11.6. The van der Waals surface area contributed by atoms with Crippen molar-refractivity contribution < 1.29 is 30.1 Å². The van der Waals surface area contributed by atoms with Crippen molar-refractivity contribution in [3.05, 3.63) is 11.7 Å². The van der Waals surface area contributed by atoms with Gasteiger partial charge in [0.05, 0.1) is 0 Å². The molecule has 12 heteroatoms. The van der Waals surface area contributed by atoms with Crippen LogP contribution in [-0.4, -0.2) is 68.2 Å². The predicted octanol–water partition coefficient (Wildman–Crippen LogP) is -5.14. The lowest BCUT2D eigenvalue weighted by molar-refractivity contribution is 0.112. The van der Waals surface area contributed by atoms with Gasteiger partial charge < -0.3 is 30.1 Å². The van der Waals surface area contributed by atoms with Crippen molar-refractivity contribution in [2.45, 2.75) is 0 Å². The summed E-state index contributed by atoms with van der Waals surface area (Å²) in [5.74, 6) is 0. The largest absolute Gasteiger partial charge is 0.603 e. The second-order valence-corrected chi connectivity index (χ2v) is 2.91. The second kappa shape index (κ2) is 4.96. The topological polar surface area (TPSA) is 140 Å². The van der Waals surface area contributed by atoms with Gasteiger partial charge in [0.25, 0.3) is 0 Å². The Kier molecular flexibility index (Phi) is 4.13. The Hall–Kier alpha value is -0.585. The molecule has 0 aromatic carbocycles. The Balaban J connectivity index is 2.79. The fourth-order valence-electron chi connectivity index (χ4n) is 1.03. The van der Waals surface area contributed by atoms with Gasteiger partial charge in [0.15, 0.2) is 0 Å². The summed E-state index contributed by atoms with van der Waals surface area (Å²) in [5.41, 5.74) is 2.17. The van der Waals surface area contributed by atoms with Crippen molar-refractivity contribution in [2.24, 2.45) is 0 Å². The predicted molar refractivity (Wildman–Crippen MR) is 50.3 cm³/mol. The molecule has 0 aromatic rings. The summed E-state index contributed by atoms with van der Waals surface area (Å²) in [6, 6.07) is 0. The van der Waals surface area contributed by atoms with Gasteiger partial charge in [-0.2, -0.15) is 5.53 Å². The number of nitrogens with zero attached hydrogens (tertiary/aromatic N) is 2. The summed E-state index contributed by atoms with van der Waals surface area (Å²) in [7, 11) is -5.71. The molecule has 15 heavy (non-hydrogen) atoms. The first kappa shape index (κ1) is 12.5. The second-order valence-electron chi connectivity index (χ2n) is 2.91. The van der Waals surface area contributed by atoms with Crippen LogP contribution in [0.1, 0.15) is 0 Å². The van der Waals surface area contributed by atoms with E-state index in [1.807, 2.05) is 0 Å². The highest BCUT2D eigenvalue weighted by molar-refractivity contribution is 6.51. The maximum absolute atomic E-state index is 8.86. The van der Waals surface area contributed by atoms with Crippen LogP contribution in [0.3, 0.4) is 0 Å². The summed E-state index contributed by atoms with van der Waals surface area (Å²) >= 11 is 0. The molecule has 0 atom stereocenters. The van der Waals surface area contributed by atoms with Crippen LogP contribution in [0.5, 0.6) is 0 Å². The average Bonchev–Trinajstić information content (AvgIpc) is 2.16. The van der Waals surface area contributed by atoms with Crippen LogP contribution >= 0.6 is 0 Å². The third kappa shape index (κ3) is 3.19. The van der Waals surface area contributed by atoms with E-state index >= 15 is 0 Å². The van der Waals surface area contributed by atoms with Gasteiger partial charge in [-0.3, -0.25) is 4.92 Å². The molecule has 82 valence electrons. The molecule has 0 aliphatic carbocycles. The number of hydrazine groups is 2. The fourth-order valence-corrected chi connectivity index (χ4v) is 1.03. The third-order valence-corrected chi connectivity index (χ3v) is 1.76. The van der Waals surface area contributed by atoms with Gasteiger partial charge in [0.2, 0.25) is 0 Å². The maximum Gasteiger partial charge on any atom is 0.603 e. The van der Waals surface area contributed by atoms with Crippen LogP contribution in [0.2, 0.25) is 0 Å². The molecule has 0 aromatic heterocycles. The molecule has 9 nitrogen and oxygen atoms in total. The lowest BCUT2D eigenvalue weighted by Gasteiger charge is -2.35. The van der Waals surface area contributed by atoms with Gasteiger partial charge in [-0.25, -0.2) is 4.92 Å². The van der Waals surface area contributed by atoms with E-state index in [0.717, 1.165) is 11.1 Å². The van der Waals surface area contributed by atoms with E-state index in [2.05, 4.69) is 5.53 Å². The molecule has 0 unspecified atom stereocenters. The van der Waals surface area contributed by atoms with Crippen LogP contribution in [0.25, 0.3) is 0 Å². The highest BCUT2D eigenvalue weighted by Gasteiger charge is 2.34. The van der Waals surface area contributed by atoms with Crippen molar-refractivity contribution >= 4 is 21.6 Å². The van der Waals surface area contributed by atoms with E-state index in [1.54, 1.807) is 0 Å². The van der Waals surface area contributed by atoms with Gasteiger partial charge in [0, 0.05) is 12.7 Å². The zero-order valence-corrected chi connectivity index (χ0v) is 7.59. The molecule has 1 rings (SSSR count). The van der Waals surface area contributed by atoms with Crippen molar-refractivity contribution in [1.82, 2.24) is 15.4 Å². The molecule has 0 fully saturated rings. The molecule has 0 bridgehead atoms. The molecular formula is C3H10B3N3O6. The van der Waals surface area contributed by atoms with E-state index in [9.17, 15) is 0 Å². The first-order valence-corrected chi connectivity index (χ1v) is 4.02. The summed E-state index contributed by atoms with van der Waals surface area (Å²) in [4.78, 5) is 1.42. The monoisotopic (exact) mass is 217 g/mol. The van der Waals surface area contributed by atoms with E-state index in [-0.39, 0.29) is 12.0 Å². The summed E-state index contributed by atoms with van der Waals surface area (Å²) in [6.45, 7) is -0.196. The summed E-state index contributed by atoms with van der Waals surface area (Å²) in [6.07, 6.45) is 1.04. The van der Waals surface area contributed by atoms with Gasteiger partial charge in [-0.1, -0.05) is 0 Å². The highest BCUT2D eigenvalue weighted by atomic mass is 16.4. The zero-order valence-electron chi connectivity index (χ0n) is 7.59. The van der Waals surface area contributed by atoms with Crippen LogP contribution < -0.4 is 5.53 Å². The van der Waals surface area contributed by atoms with E-state index in [1.165, 1.54) is 0 Å². The van der Waals surface area contributed by atoms with Crippen LogP contribution in [-0.2, 0) is 0 Å². The number of hydrogen-bond donors (Lipinski definition) is 7. The number of nitrogens with one attached hydrogen (secondary N) is 1. The lowest BCUT2D eigenvalue weighted by Crippen LogP contribution is -2.62. The highest BCUT2D eigenvalue weighted by Crippen LogP contribution is 2.08. The Morgan fingerprint density at radius 1 is 1.07 bits per heavy atom. The lowest BCUT2D eigenvalue weighted by atomic mass is 9.78. The molecule has 0 radical (unpaired) electrons. The summed E-state index contributed by atoms with van der Waals surface area (Å²) < 4.78 is 0. The van der Waals surface area contributed by atoms with E-state index in [4.69, 9.17) is 30.1 Å². The smallest absolute Gasteiger partial charge is 0.423 e. The minimum Gasteiger partial charge on any atom is -0.423 e. The molecule has 7 N–H and O–H groups in total. The maximum atomic E-state index is 8.86. The number of hydrogen-bond acceptors (Lipinski definition) is 9. The molecule has 0 spiro atoms. The van der Waals surface area contributed by atoms with Crippen molar-refractivity contribution in [3.8, 4) is 0 Å².